The van der Waals surface area contributed by atoms with Gasteiger partial charge in [0.1, 0.15) is 0 Å². The predicted molar refractivity (Wildman–Crippen MR) is 64.3 cm³/mol. The van der Waals surface area contributed by atoms with Crippen LogP contribution in [0, 0.1) is 0 Å². The minimum atomic E-state index is 0.466. The Morgan fingerprint density at radius 3 is 2.73 bits per heavy atom. The smallest absolute Gasteiger partial charge is 0.0406 e. The van der Waals surface area contributed by atoms with Crippen LogP contribution < -0.4 is 10.6 Å². The van der Waals surface area contributed by atoms with Crippen molar-refractivity contribution in [1.29, 1.82) is 0 Å². The fourth-order valence-corrected chi connectivity index (χ4v) is 2.25. The maximum atomic E-state index is 5.87. The van der Waals surface area contributed by atoms with E-state index in [1.165, 1.54) is 12.0 Å². The van der Waals surface area contributed by atoms with Gasteiger partial charge in [-0.05, 0) is 44.1 Å². The van der Waals surface area contributed by atoms with E-state index < -0.39 is 0 Å². The second-order valence-electron chi connectivity index (χ2n) is 4.07. The molecule has 0 aliphatic carbocycles. The van der Waals surface area contributed by atoms with Crippen LogP contribution in [0.5, 0.6) is 0 Å². The van der Waals surface area contributed by atoms with Crippen molar-refractivity contribution >= 4 is 11.6 Å². The Kier molecular flexibility index (Phi) is 3.62. The molecule has 1 aromatic rings. The molecule has 3 heteroatoms. The van der Waals surface area contributed by atoms with Crippen molar-refractivity contribution in [3.8, 4) is 0 Å². The zero-order chi connectivity index (χ0) is 10.7. The molecule has 15 heavy (non-hydrogen) atoms. The molecule has 0 amide bonds. The first-order chi connectivity index (χ1) is 7.29. The minimum absolute atomic E-state index is 0.466. The van der Waals surface area contributed by atoms with E-state index >= 15 is 0 Å². The Labute approximate surface area is 96.0 Å². The van der Waals surface area contributed by atoms with Gasteiger partial charge in [0.15, 0.2) is 0 Å². The average Bonchev–Trinajstić information content (AvgIpc) is 2.30. The first kappa shape index (κ1) is 10.9. The average molecular weight is 225 g/mol. The van der Waals surface area contributed by atoms with Gasteiger partial charge in [-0.15, -0.1) is 0 Å². The summed E-state index contributed by atoms with van der Waals surface area (Å²) in [6.45, 7) is 1.08. The Bertz CT molecular complexity index is 310. The van der Waals surface area contributed by atoms with Gasteiger partial charge in [-0.1, -0.05) is 23.7 Å². The van der Waals surface area contributed by atoms with E-state index in [0.717, 1.165) is 18.0 Å². The van der Waals surface area contributed by atoms with E-state index in [9.17, 15) is 0 Å². The molecule has 0 saturated carbocycles. The number of nitrogens with one attached hydrogen (secondary N) is 2. The molecule has 82 valence electrons. The zero-order valence-electron chi connectivity index (χ0n) is 8.96. The Balaban J connectivity index is 2.06. The standard InChI is InChI=1S/C12H17ClN2/c1-14-11-6-7-15-12(8-11)9-2-4-10(13)5-3-9/h2-5,11-12,14-15H,6-8H2,1H3. The molecule has 1 aliphatic heterocycles. The van der Waals surface area contributed by atoms with Crippen LogP contribution in [-0.4, -0.2) is 19.6 Å². The van der Waals surface area contributed by atoms with Gasteiger partial charge in [0, 0.05) is 17.1 Å². The van der Waals surface area contributed by atoms with Crippen LogP contribution in [0.2, 0.25) is 5.02 Å². The number of hydrogen-bond acceptors (Lipinski definition) is 2. The third-order valence-electron chi connectivity index (χ3n) is 3.08. The molecular formula is C12H17ClN2. The maximum Gasteiger partial charge on any atom is 0.0406 e. The van der Waals surface area contributed by atoms with Gasteiger partial charge in [-0.3, -0.25) is 0 Å². The normalized spacial score (nSPS) is 26.5. The molecule has 0 spiro atoms. The van der Waals surface area contributed by atoms with Gasteiger partial charge in [-0.2, -0.15) is 0 Å². The molecule has 2 nitrogen and oxygen atoms in total. The van der Waals surface area contributed by atoms with E-state index in [4.69, 9.17) is 11.6 Å². The van der Waals surface area contributed by atoms with Crippen LogP contribution in [0.1, 0.15) is 24.4 Å². The number of hydrogen-bond donors (Lipinski definition) is 2. The van der Waals surface area contributed by atoms with E-state index in [0.29, 0.717) is 12.1 Å². The maximum absolute atomic E-state index is 5.87. The fraction of sp³-hybridized carbons (Fsp3) is 0.500. The summed E-state index contributed by atoms with van der Waals surface area (Å²) in [6.07, 6.45) is 2.36. The van der Waals surface area contributed by atoms with Crippen molar-refractivity contribution < 1.29 is 0 Å². The first-order valence-corrected chi connectivity index (χ1v) is 5.83. The van der Waals surface area contributed by atoms with Gasteiger partial charge in [0.05, 0.1) is 0 Å². The molecule has 2 atom stereocenters. The minimum Gasteiger partial charge on any atom is -0.317 e. The summed E-state index contributed by atoms with van der Waals surface area (Å²) in [4.78, 5) is 0. The largest absolute Gasteiger partial charge is 0.317 e. The fourth-order valence-electron chi connectivity index (χ4n) is 2.13. The lowest BCUT2D eigenvalue weighted by Gasteiger charge is -2.30. The molecule has 2 N–H and O–H groups in total. The summed E-state index contributed by atoms with van der Waals surface area (Å²) in [7, 11) is 2.04. The van der Waals surface area contributed by atoms with Gasteiger partial charge in [0.2, 0.25) is 0 Å². The molecule has 1 saturated heterocycles. The summed E-state index contributed by atoms with van der Waals surface area (Å²) < 4.78 is 0. The van der Waals surface area contributed by atoms with E-state index in [-0.39, 0.29) is 0 Å². The van der Waals surface area contributed by atoms with Crippen LogP contribution in [0.25, 0.3) is 0 Å². The van der Waals surface area contributed by atoms with Crippen molar-refractivity contribution in [2.75, 3.05) is 13.6 Å². The van der Waals surface area contributed by atoms with Crippen molar-refractivity contribution in [1.82, 2.24) is 10.6 Å². The second kappa shape index (κ2) is 4.97. The molecule has 0 bridgehead atoms. The molecule has 1 aliphatic rings. The lowest BCUT2D eigenvalue weighted by atomic mass is 9.94. The molecule has 2 rings (SSSR count). The van der Waals surface area contributed by atoms with Crippen LogP contribution in [-0.2, 0) is 0 Å². The summed E-state index contributed by atoms with van der Waals surface area (Å²) in [5, 5.41) is 7.69. The number of halogens is 1. The van der Waals surface area contributed by atoms with Crippen molar-refractivity contribution in [2.45, 2.75) is 24.9 Å². The van der Waals surface area contributed by atoms with E-state index in [1.807, 2.05) is 19.2 Å². The highest BCUT2D eigenvalue weighted by molar-refractivity contribution is 6.30. The van der Waals surface area contributed by atoms with Gasteiger partial charge in [-0.25, -0.2) is 0 Å². The molecule has 0 aromatic heterocycles. The molecule has 1 aromatic carbocycles. The summed E-state index contributed by atoms with van der Waals surface area (Å²) >= 11 is 5.87. The zero-order valence-corrected chi connectivity index (χ0v) is 9.72. The lowest BCUT2D eigenvalue weighted by molar-refractivity contribution is 0.337. The molecule has 1 heterocycles. The Morgan fingerprint density at radius 1 is 1.33 bits per heavy atom. The van der Waals surface area contributed by atoms with Crippen LogP contribution in [0.4, 0.5) is 0 Å². The van der Waals surface area contributed by atoms with Crippen LogP contribution >= 0.6 is 11.6 Å². The summed E-state index contributed by atoms with van der Waals surface area (Å²) in [5.74, 6) is 0. The quantitative estimate of drug-likeness (QED) is 0.806. The number of rotatable bonds is 2. The predicted octanol–water partition coefficient (Wildman–Crippen LogP) is 2.35. The van der Waals surface area contributed by atoms with Crippen molar-refractivity contribution in [3.63, 3.8) is 0 Å². The Morgan fingerprint density at radius 2 is 2.07 bits per heavy atom. The van der Waals surface area contributed by atoms with Crippen LogP contribution in [0.3, 0.4) is 0 Å². The van der Waals surface area contributed by atoms with Crippen LogP contribution in [0.15, 0.2) is 24.3 Å². The third-order valence-corrected chi connectivity index (χ3v) is 3.34. The molecule has 0 radical (unpaired) electrons. The monoisotopic (exact) mass is 224 g/mol. The number of piperidine rings is 1. The van der Waals surface area contributed by atoms with E-state index in [1.54, 1.807) is 0 Å². The van der Waals surface area contributed by atoms with E-state index in [2.05, 4.69) is 22.8 Å². The summed E-state index contributed by atoms with van der Waals surface area (Å²) in [6, 6.07) is 9.24. The van der Waals surface area contributed by atoms with Crippen molar-refractivity contribution in [2.24, 2.45) is 0 Å². The Hall–Kier alpha value is -0.570. The number of benzene rings is 1. The SMILES string of the molecule is CNC1CCNC(c2ccc(Cl)cc2)C1. The molecule has 1 fully saturated rings. The van der Waals surface area contributed by atoms with Gasteiger partial charge in [0.25, 0.3) is 0 Å². The topological polar surface area (TPSA) is 24.1 Å². The van der Waals surface area contributed by atoms with Gasteiger partial charge < -0.3 is 10.6 Å². The first-order valence-electron chi connectivity index (χ1n) is 5.45. The highest BCUT2D eigenvalue weighted by atomic mass is 35.5. The molecular weight excluding hydrogens is 208 g/mol. The second-order valence-corrected chi connectivity index (χ2v) is 4.50. The summed E-state index contributed by atoms with van der Waals surface area (Å²) in [5.41, 5.74) is 1.33. The lowest BCUT2D eigenvalue weighted by Crippen LogP contribution is -2.40. The highest BCUT2D eigenvalue weighted by Gasteiger charge is 2.21. The highest BCUT2D eigenvalue weighted by Crippen LogP contribution is 2.24. The van der Waals surface area contributed by atoms with Crippen molar-refractivity contribution in [3.05, 3.63) is 34.9 Å². The van der Waals surface area contributed by atoms with Gasteiger partial charge >= 0.3 is 0 Å². The molecule has 2 unspecified atom stereocenters. The third kappa shape index (κ3) is 2.71.